The predicted molar refractivity (Wildman–Crippen MR) is 76.9 cm³/mol. The molecule has 0 radical (unpaired) electrons. The van der Waals surface area contributed by atoms with Gasteiger partial charge in [0.15, 0.2) is 0 Å². The van der Waals surface area contributed by atoms with Gasteiger partial charge in [-0.15, -0.1) is 0 Å². The standard InChI is InChI=1S/C16H12N2O3/c17-10-12-2-1-3-13(8-12)16(21)18-14-6-4-11(5-7-14)9-15(19)20/h1-8H,9H2,(H,18,21)(H,19,20). The fourth-order valence-electron chi connectivity index (χ4n) is 1.81. The number of nitriles is 1. The van der Waals surface area contributed by atoms with Crippen LogP contribution in [0.1, 0.15) is 21.5 Å². The molecule has 1 amide bonds. The second kappa shape index (κ2) is 6.35. The second-order valence-corrected chi connectivity index (χ2v) is 4.41. The van der Waals surface area contributed by atoms with Crippen molar-refractivity contribution in [2.75, 3.05) is 5.32 Å². The number of anilines is 1. The van der Waals surface area contributed by atoms with Gasteiger partial charge in [0.05, 0.1) is 18.1 Å². The molecular formula is C16H12N2O3. The van der Waals surface area contributed by atoms with Crippen LogP contribution in [0.25, 0.3) is 0 Å². The first kappa shape index (κ1) is 14.3. The number of benzene rings is 2. The van der Waals surface area contributed by atoms with E-state index in [0.717, 1.165) is 0 Å². The van der Waals surface area contributed by atoms with Crippen LogP contribution in [-0.4, -0.2) is 17.0 Å². The maximum absolute atomic E-state index is 12.0. The van der Waals surface area contributed by atoms with Gasteiger partial charge in [-0.2, -0.15) is 5.26 Å². The molecule has 0 aliphatic heterocycles. The number of amides is 1. The Balaban J connectivity index is 2.09. The predicted octanol–water partition coefficient (Wildman–Crippen LogP) is 2.44. The van der Waals surface area contributed by atoms with Gasteiger partial charge in [-0.3, -0.25) is 9.59 Å². The zero-order valence-electron chi connectivity index (χ0n) is 11.0. The molecule has 0 aliphatic carbocycles. The van der Waals surface area contributed by atoms with Crippen LogP contribution in [0, 0.1) is 11.3 Å². The number of carboxylic acid groups (broad SMARTS) is 1. The summed E-state index contributed by atoms with van der Waals surface area (Å²) < 4.78 is 0. The Morgan fingerprint density at radius 3 is 2.48 bits per heavy atom. The van der Waals surface area contributed by atoms with Crippen molar-refractivity contribution in [3.8, 4) is 6.07 Å². The molecule has 2 aromatic carbocycles. The largest absolute Gasteiger partial charge is 0.481 e. The summed E-state index contributed by atoms with van der Waals surface area (Å²) in [5.74, 6) is -1.22. The van der Waals surface area contributed by atoms with E-state index < -0.39 is 5.97 Å². The second-order valence-electron chi connectivity index (χ2n) is 4.41. The van der Waals surface area contributed by atoms with Crippen LogP contribution >= 0.6 is 0 Å². The van der Waals surface area contributed by atoms with Gasteiger partial charge in [-0.25, -0.2) is 0 Å². The van der Waals surface area contributed by atoms with Crippen LogP contribution < -0.4 is 5.32 Å². The Morgan fingerprint density at radius 2 is 1.86 bits per heavy atom. The molecule has 21 heavy (non-hydrogen) atoms. The lowest BCUT2D eigenvalue weighted by Crippen LogP contribution is -2.12. The highest BCUT2D eigenvalue weighted by molar-refractivity contribution is 6.04. The molecule has 0 bridgehead atoms. The van der Waals surface area contributed by atoms with Crippen molar-refractivity contribution < 1.29 is 14.7 Å². The average Bonchev–Trinajstić information content (AvgIpc) is 2.49. The van der Waals surface area contributed by atoms with Crippen molar-refractivity contribution in [3.63, 3.8) is 0 Å². The van der Waals surface area contributed by atoms with Crippen molar-refractivity contribution in [2.24, 2.45) is 0 Å². The highest BCUT2D eigenvalue weighted by Gasteiger charge is 2.07. The van der Waals surface area contributed by atoms with E-state index in [4.69, 9.17) is 10.4 Å². The minimum absolute atomic E-state index is 0.0571. The zero-order valence-corrected chi connectivity index (χ0v) is 11.0. The fraction of sp³-hybridized carbons (Fsp3) is 0.0625. The van der Waals surface area contributed by atoms with Gasteiger partial charge >= 0.3 is 5.97 Å². The molecule has 0 saturated carbocycles. The number of nitrogens with one attached hydrogen (secondary N) is 1. The molecule has 104 valence electrons. The molecule has 0 atom stereocenters. The van der Waals surface area contributed by atoms with Crippen molar-refractivity contribution in [1.82, 2.24) is 0 Å². The van der Waals surface area contributed by atoms with Crippen molar-refractivity contribution in [2.45, 2.75) is 6.42 Å². The average molecular weight is 280 g/mol. The van der Waals surface area contributed by atoms with Gasteiger partial charge in [0.2, 0.25) is 0 Å². The third-order valence-electron chi connectivity index (χ3n) is 2.82. The van der Waals surface area contributed by atoms with Crippen LogP contribution in [0.2, 0.25) is 0 Å². The van der Waals surface area contributed by atoms with E-state index in [0.29, 0.717) is 22.4 Å². The number of carboxylic acids is 1. The molecule has 0 heterocycles. The quantitative estimate of drug-likeness (QED) is 0.900. The third kappa shape index (κ3) is 3.91. The van der Waals surface area contributed by atoms with Crippen molar-refractivity contribution >= 4 is 17.6 Å². The number of carbonyl (C=O) groups is 2. The first-order valence-electron chi connectivity index (χ1n) is 6.21. The number of aliphatic carboxylic acids is 1. The lowest BCUT2D eigenvalue weighted by Gasteiger charge is -2.06. The Morgan fingerprint density at radius 1 is 1.14 bits per heavy atom. The van der Waals surface area contributed by atoms with E-state index in [2.05, 4.69) is 5.32 Å². The monoisotopic (exact) mass is 280 g/mol. The minimum atomic E-state index is -0.903. The molecule has 0 saturated heterocycles. The highest BCUT2D eigenvalue weighted by Crippen LogP contribution is 2.12. The maximum atomic E-state index is 12.0. The van der Waals surface area contributed by atoms with Crippen LogP contribution in [-0.2, 0) is 11.2 Å². The van der Waals surface area contributed by atoms with Crippen LogP contribution in [0.15, 0.2) is 48.5 Å². The Bertz CT molecular complexity index is 715. The van der Waals surface area contributed by atoms with Crippen LogP contribution in [0.3, 0.4) is 0 Å². The first-order valence-corrected chi connectivity index (χ1v) is 6.21. The Labute approximate surface area is 121 Å². The summed E-state index contributed by atoms with van der Waals surface area (Å²) in [6.07, 6.45) is -0.0571. The molecular weight excluding hydrogens is 268 g/mol. The summed E-state index contributed by atoms with van der Waals surface area (Å²) in [6, 6.07) is 15.0. The Kier molecular flexibility index (Phi) is 4.32. The van der Waals surface area contributed by atoms with Crippen molar-refractivity contribution in [3.05, 3.63) is 65.2 Å². The first-order chi connectivity index (χ1) is 10.1. The number of hydrogen-bond acceptors (Lipinski definition) is 3. The molecule has 0 unspecified atom stereocenters. The van der Waals surface area contributed by atoms with E-state index in [9.17, 15) is 9.59 Å². The summed E-state index contributed by atoms with van der Waals surface area (Å²) in [5, 5.41) is 20.2. The normalized spacial score (nSPS) is 9.67. The van der Waals surface area contributed by atoms with E-state index in [1.165, 1.54) is 6.07 Å². The molecule has 2 aromatic rings. The fourth-order valence-corrected chi connectivity index (χ4v) is 1.81. The molecule has 2 rings (SSSR count). The minimum Gasteiger partial charge on any atom is -0.481 e. The van der Waals surface area contributed by atoms with E-state index in [-0.39, 0.29) is 12.3 Å². The number of carbonyl (C=O) groups excluding carboxylic acids is 1. The Hall–Kier alpha value is -3.13. The molecule has 5 nitrogen and oxygen atoms in total. The molecule has 0 aliphatic rings. The summed E-state index contributed by atoms with van der Waals surface area (Å²) in [5.41, 5.74) is 2.03. The van der Waals surface area contributed by atoms with Gasteiger partial charge < -0.3 is 10.4 Å². The molecule has 0 fully saturated rings. The molecule has 5 heteroatoms. The van der Waals surface area contributed by atoms with Crippen molar-refractivity contribution in [1.29, 1.82) is 5.26 Å². The van der Waals surface area contributed by atoms with Gasteiger partial charge in [-0.1, -0.05) is 18.2 Å². The van der Waals surface area contributed by atoms with Crippen LogP contribution in [0.4, 0.5) is 5.69 Å². The lowest BCUT2D eigenvalue weighted by atomic mass is 10.1. The highest BCUT2D eigenvalue weighted by atomic mass is 16.4. The summed E-state index contributed by atoms with van der Waals surface area (Å²) >= 11 is 0. The summed E-state index contributed by atoms with van der Waals surface area (Å²) in [7, 11) is 0. The van der Waals surface area contributed by atoms with E-state index in [1.807, 2.05) is 6.07 Å². The van der Waals surface area contributed by atoms with Gasteiger partial charge in [0, 0.05) is 11.3 Å². The summed E-state index contributed by atoms with van der Waals surface area (Å²) in [6.45, 7) is 0. The zero-order chi connectivity index (χ0) is 15.2. The molecule has 2 N–H and O–H groups in total. The third-order valence-corrected chi connectivity index (χ3v) is 2.82. The maximum Gasteiger partial charge on any atom is 0.307 e. The van der Waals surface area contributed by atoms with E-state index >= 15 is 0 Å². The summed E-state index contributed by atoms with van der Waals surface area (Å²) in [4.78, 5) is 22.6. The van der Waals surface area contributed by atoms with Gasteiger partial charge in [0.1, 0.15) is 0 Å². The SMILES string of the molecule is N#Cc1cccc(C(=O)Nc2ccc(CC(=O)O)cc2)c1. The molecule has 0 spiro atoms. The van der Waals surface area contributed by atoms with Crippen LogP contribution in [0.5, 0.6) is 0 Å². The number of hydrogen-bond donors (Lipinski definition) is 2. The lowest BCUT2D eigenvalue weighted by molar-refractivity contribution is -0.136. The van der Waals surface area contributed by atoms with E-state index in [1.54, 1.807) is 42.5 Å². The molecule has 0 aromatic heterocycles. The van der Waals surface area contributed by atoms with Gasteiger partial charge in [-0.05, 0) is 35.9 Å². The van der Waals surface area contributed by atoms with Gasteiger partial charge in [0.25, 0.3) is 5.91 Å². The topological polar surface area (TPSA) is 90.2 Å². The number of nitrogens with zero attached hydrogens (tertiary/aromatic N) is 1. The number of rotatable bonds is 4. The smallest absolute Gasteiger partial charge is 0.307 e.